The first-order valence-corrected chi connectivity index (χ1v) is 6.65. The Kier molecular flexibility index (Phi) is 4.13. The quantitative estimate of drug-likeness (QED) is 0.782. The number of hydrogen-bond donors (Lipinski definition) is 0. The van der Waals surface area contributed by atoms with E-state index in [1.807, 2.05) is 13.0 Å². The largest absolute Gasteiger partial charge is 0.494 e. The van der Waals surface area contributed by atoms with Crippen LogP contribution in [-0.2, 0) is 11.2 Å². The average Bonchev–Trinajstić information content (AvgIpc) is 2.72. The Balaban J connectivity index is 2.20. The minimum Gasteiger partial charge on any atom is -0.494 e. The van der Waals surface area contributed by atoms with Crippen molar-refractivity contribution in [2.45, 2.75) is 25.9 Å². The van der Waals surface area contributed by atoms with Crippen molar-refractivity contribution in [2.75, 3.05) is 19.6 Å². The Hall–Kier alpha value is -0.800. The summed E-state index contributed by atoms with van der Waals surface area (Å²) in [4.78, 5) is 0. The summed E-state index contributed by atoms with van der Waals surface area (Å²) in [5.41, 5.74) is 0.856. The highest BCUT2D eigenvalue weighted by Gasteiger charge is 2.40. The molecule has 0 saturated carbocycles. The predicted molar refractivity (Wildman–Crippen MR) is 69.8 cm³/mol. The lowest BCUT2D eigenvalue weighted by atomic mass is 9.78. The van der Waals surface area contributed by atoms with E-state index in [4.69, 9.17) is 21.1 Å². The van der Waals surface area contributed by atoms with E-state index in [0.29, 0.717) is 5.88 Å². The summed E-state index contributed by atoms with van der Waals surface area (Å²) in [5.74, 6) is 0.475. The maximum absolute atomic E-state index is 13.7. The van der Waals surface area contributed by atoms with Gasteiger partial charge in [0, 0.05) is 17.9 Å². The standard InChI is InChI=1S/C14H18ClFO2/c1-10-14(9-15,5-6-18-10)8-11-3-4-13(17-2)12(16)7-11/h3-4,7,10H,5-6,8-9H2,1-2H3. The second kappa shape index (κ2) is 5.45. The Morgan fingerprint density at radius 3 is 2.83 bits per heavy atom. The molecule has 1 aromatic rings. The van der Waals surface area contributed by atoms with Crippen LogP contribution in [0.2, 0.25) is 0 Å². The van der Waals surface area contributed by atoms with Gasteiger partial charge in [0.15, 0.2) is 11.6 Å². The predicted octanol–water partition coefficient (Wildman–Crippen LogP) is 3.41. The van der Waals surface area contributed by atoms with Gasteiger partial charge in [-0.25, -0.2) is 4.39 Å². The molecule has 1 aliphatic rings. The molecule has 1 saturated heterocycles. The smallest absolute Gasteiger partial charge is 0.165 e. The van der Waals surface area contributed by atoms with Crippen molar-refractivity contribution >= 4 is 11.6 Å². The van der Waals surface area contributed by atoms with Crippen molar-refractivity contribution in [3.63, 3.8) is 0 Å². The molecule has 0 radical (unpaired) electrons. The summed E-state index contributed by atoms with van der Waals surface area (Å²) in [7, 11) is 1.46. The molecule has 2 rings (SSSR count). The maximum atomic E-state index is 13.7. The summed E-state index contributed by atoms with van der Waals surface area (Å²) >= 11 is 6.11. The molecule has 2 atom stereocenters. The van der Waals surface area contributed by atoms with E-state index < -0.39 is 0 Å². The number of alkyl halides is 1. The number of methoxy groups -OCH3 is 1. The fourth-order valence-corrected chi connectivity index (χ4v) is 2.95. The van der Waals surface area contributed by atoms with Crippen LogP contribution in [0.15, 0.2) is 18.2 Å². The molecule has 0 aromatic heterocycles. The molecular formula is C14H18ClFO2. The lowest BCUT2D eigenvalue weighted by Crippen LogP contribution is -2.33. The van der Waals surface area contributed by atoms with Crippen molar-refractivity contribution in [1.82, 2.24) is 0 Å². The van der Waals surface area contributed by atoms with Crippen molar-refractivity contribution in [2.24, 2.45) is 5.41 Å². The van der Waals surface area contributed by atoms with Gasteiger partial charge in [0.05, 0.1) is 13.2 Å². The van der Waals surface area contributed by atoms with Crippen LogP contribution in [0, 0.1) is 11.2 Å². The molecule has 100 valence electrons. The van der Waals surface area contributed by atoms with Gasteiger partial charge in [-0.1, -0.05) is 6.07 Å². The van der Waals surface area contributed by atoms with E-state index >= 15 is 0 Å². The van der Waals surface area contributed by atoms with Crippen molar-refractivity contribution in [3.05, 3.63) is 29.6 Å². The maximum Gasteiger partial charge on any atom is 0.165 e. The first-order valence-electron chi connectivity index (χ1n) is 6.11. The van der Waals surface area contributed by atoms with Gasteiger partial charge in [-0.2, -0.15) is 0 Å². The van der Waals surface area contributed by atoms with Gasteiger partial charge in [-0.3, -0.25) is 0 Å². The summed E-state index contributed by atoms with van der Waals surface area (Å²) in [6.45, 7) is 2.77. The zero-order valence-corrected chi connectivity index (χ0v) is 11.5. The van der Waals surface area contributed by atoms with Gasteiger partial charge in [0.25, 0.3) is 0 Å². The summed E-state index contributed by atoms with van der Waals surface area (Å²) in [6, 6.07) is 5.08. The highest BCUT2D eigenvalue weighted by molar-refractivity contribution is 6.18. The molecule has 2 nitrogen and oxygen atoms in total. The molecule has 1 aromatic carbocycles. The zero-order valence-electron chi connectivity index (χ0n) is 10.7. The zero-order chi connectivity index (χ0) is 13.2. The van der Waals surface area contributed by atoms with E-state index in [2.05, 4.69) is 0 Å². The van der Waals surface area contributed by atoms with Crippen molar-refractivity contribution in [1.29, 1.82) is 0 Å². The molecule has 0 N–H and O–H groups in total. The van der Waals surface area contributed by atoms with E-state index in [9.17, 15) is 4.39 Å². The number of benzene rings is 1. The van der Waals surface area contributed by atoms with Crippen LogP contribution in [0.5, 0.6) is 5.75 Å². The van der Waals surface area contributed by atoms with Crippen LogP contribution in [0.3, 0.4) is 0 Å². The first kappa shape index (κ1) is 13.6. The van der Waals surface area contributed by atoms with E-state index in [1.54, 1.807) is 6.07 Å². The molecular weight excluding hydrogens is 255 g/mol. The van der Waals surface area contributed by atoms with E-state index in [-0.39, 0.29) is 23.1 Å². The Labute approximate surface area is 112 Å². The first-order chi connectivity index (χ1) is 8.61. The number of hydrogen-bond acceptors (Lipinski definition) is 2. The number of ether oxygens (including phenoxy) is 2. The summed E-state index contributed by atoms with van der Waals surface area (Å²) in [5, 5.41) is 0. The lowest BCUT2D eigenvalue weighted by Gasteiger charge is -2.30. The molecule has 1 heterocycles. The monoisotopic (exact) mass is 272 g/mol. The minimum absolute atomic E-state index is 0.0808. The molecule has 4 heteroatoms. The van der Waals surface area contributed by atoms with Gasteiger partial charge in [0.1, 0.15) is 0 Å². The molecule has 0 amide bonds. The molecule has 1 aliphatic heterocycles. The molecule has 0 aliphatic carbocycles. The van der Waals surface area contributed by atoms with E-state index in [1.165, 1.54) is 13.2 Å². The van der Waals surface area contributed by atoms with Crippen LogP contribution in [-0.4, -0.2) is 25.7 Å². The number of rotatable bonds is 4. The normalized spacial score (nSPS) is 27.4. The van der Waals surface area contributed by atoms with Crippen LogP contribution < -0.4 is 4.74 Å². The molecule has 1 fully saturated rings. The highest BCUT2D eigenvalue weighted by Crippen LogP contribution is 2.39. The SMILES string of the molecule is COc1ccc(CC2(CCl)CCOC2C)cc1F. The van der Waals surface area contributed by atoms with Gasteiger partial charge in [-0.15, -0.1) is 11.6 Å². The van der Waals surface area contributed by atoms with Crippen molar-refractivity contribution in [3.8, 4) is 5.75 Å². The minimum atomic E-state index is -0.328. The van der Waals surface area contributed by atoms with E-state index in [0.717, 1.165) is 25.0 Å². The van der Waals surface area contributed by atoms with Crippen LogP contribution in [0.25, 0.3) is 0 Å². The third kappa shape index (κ3) is 2.47. The number of halogens is 2. The van der Waals surface area contributed by atoms with Crippen LogP contribution >= 0.6 is 11.6 Å². The molecule has 0 bridgehead atoms. The van der Waals surface area contributed by atoms with Gasteiger partial charge in [0.2, 0.25) is 0 Å². The molecule has 2 unspecified atom stereocenters. The van der Waals surface area contributed by atoms with Crippen molar-refractivity contribution < 1.29 is 13.9 Å². The second-order valence-corrected chi connectivity index (χ2v) is 5.17. The fraction of sp³-hybridized carbons (Fsp3) is 0.571. The van der Waals surface area contributed by atoms with Gasteiger partial charge < -0.3 is 9.47 Å². The van der Waals surface area contributed by atoms with Crippen LogP contribution in [0.4, 0.5) is 4.39 Å². The Bertz CT molecular complexity index is 424. The third-order valence-electron chi connectivity index (χ3n) is 3.87. The summed E-state index contributed by atoms with van der Waals surface area (Å²) in [6.07, 6.45) is 1.77. The lowest BCUT2D eigenvalue weighted by molar-refractivity contribution is 0.0735. The fourth-order valence-electron chi connectivity index (χ4n) is 2.50. The topological polar surface area (TPSA) is 18.5 Å². The van der Waals surface area contributed by atoms with Crippen LogP contribution in [0.1, 0.15) is 18.9 Å². The second-order valence-electron chi connectivity index (χ2n) is 4.90. The summed E-state index contributed by atoms with van der Waals surface area (Å²) < 4.78 is 24.2. The Morgan fingerprint density at radius 2 is 2.33 bits per heavy atom. The molecule has 0 spiro atoms. The van der Waals surface area contributed by atoms with Gasteiger partial charge >= 0.3 is 0 Å². The molecule has 18 heavy (non-hydrogen) atoms. The average molecular weight is 273 g/mol. The highest BCUT2D eigenvalue weighted by atomic mass is 35.5. The van der Waals surface area contributed by atoms with Gasteiger partial charge in [-0.05, 0) is 37.5 Å². The third-order valence-corrected chi connectivity index (χ3v) is 4.40. The Morgan fingerprint density at radius 1 is 1.56 bits per heavy atom.